The summed E-state index contributed by atoms with van der Waals surface area (Å²) in [5.74, 6) is -0.902. The maximum absolute atomic E-state index is 10.5. The van der Waals surface area contributed by atoms with Crippen molar-refractivity contribution in [3.8, 4) is 11.1 Å². The molecule has 0 bridgehead atoms. The molecule has 0 saturated heterocycles. The third-order valence-corrected chi connectivity index (χ3v) is 2.79. The van der Waals surface area contributed by atoms with Crippen molar-refractivity contribution in [2.75, 3.05) is 0 Å². The highest BCUT2D eigenvalue weighted by molar-refractivity contribution is 6.35. The standard InChI is InChI=1S/C13H9Cl2NO2/c14-10-3-9(4-11(15)5-10)8-1-2-12(16-7-8)6-13(17)18/h1-5,7H,6H2,(H,17,18). The van der Waals surface area contributed by atoms with Crippen LogP contribution < -0.4 is 0 Å². The molecule has 1 aromatic carbocycles. The second kappa shape index (κ2) is 5.38. The Bertz CT molecular complexity index is 562. The van der Waals surface area contributed by atoms with Crippen molar-refractivity contribution in [3.05, 3.63) is 52.3 Å². The SMILES string of the molecule is O=C(O)Cc1ccc(-c2cc(Cl)cc(Cl)c2)cn1. The van der Waals surface area contributed by atoms with Gasteiger partial charge in [-0.2, -0.15) is 0 Å². The van der Waals surface area contributed by atoms with Crippen LogP contribution in [0.1, 0.15) is 5.69 Å². The number of aromatic nitrogens is 1. The second-order valence-electron chi connectivity index (χ2n) is 3.77. The zero-order valence-corrected chi connectivity index (χ0v) is 10.7. The van der Waals surface area contributed by atoms with Gasteiger partial charge in [-0.25, -0.2) is 0 Å². The van der Waals surface area contributed by atoms with Crippen LogP contribution in [0.25, 0.3) is 11.1 Å². The monoisotopic (exact) mass is 281 g/mol. The van der Waals surface area contributed by atoms with Crippen LogP contribution in [-0.2, 0) is 11.2 Å². The molecule has 0 aliphatic rings. The number of hydrogen-bond acceptors (Lipinski definition) is 2. The summed E-state index contributed by atoms with van der Waals surface area (Å²) in [6.45, 7) is 0. The largest absolute Gasteiger partial charge is 0.481 e. The number of hydrogen-bond donors (Lipinski definition) is 1. The first-order valence-corrected chi connectivity index (χ1v) is 5.93. The van der Waals surface area contributed by atoms with E-state index in [1.54, 1.807) is 36.5 Å². The van der Waals surface area contributed by atoms with Crippen LogP contribution in [0.3, 0.4) is 0 Å². The van der Waals surface area contributed by atoms with Crippen molar-refractivity contribution < 1.29 is 9.90 Å². The average Bonchev–Trinajstić information content (AvgIpc) is 2.27. The molecule has 0 spiro atoms. The van der Waals surface area contributed by atoms with E-state index in [0.29, 0.717) is 15.7 Å². The van der Waals surface area contributed by atoms with Crippen molar-refractivity contribution in [1.29, 1.82) is 0 Å². The minimum Gasteiger partial charge on any atom is -0.481 e. The van der Waals surface area contributed by atoms with Crippen molar-refractivity contribution in [1.82, 2.24) is 4.98 Å². The fourth-order valence-corrected chi connectivity index (χ4v) is 2.10. The molecular formula is C13H9Cl2NO2. The molecule has 18 heavy (non-hydrogen) atoms. The van der Waals surface area contributed by atoms with Gasteiger partial charge in [-0.3, -0.25) is 9.78 Å². The third kappa shape index (κ3) is 3.22. The Morgan fingerprint density at radius 3 is 2.28 bits per heavy atom. The van der Waals surface area contributed by atoms with Gasteiger partial charge in [-0.05, 0) is 29.8 Å². The van der Waals surface area contributed by atoms with Crippen LogP contribution >= 0.6 is 23.2 Å². The number of rotatable bonds is 3. The van der Waals surface area contributed by atoms with E-state index in [2.05, 4.69) is 4.98 Å². The highest BCUT2D eigenvalue weighted by Gasteiger charge is 2.04. The fraction of sp³-hybridized carbons (Fsp3) is 0.0769. The Balaban J connectivity index is 2.31. The minimum absolute atomic E-state index is 0.0867. The lowest BCUT2D eigenvalue weighted by molar-refractivity contribution is -0.136. The van der Waals surface area contributed by atoms with Crippen LogP contribution in [0.2, 0.25) is 10.0 Å². The molecular weight excluding hydrogens is 273 g/mol. The summed E-state index contributed by atoms with van der Waals surface area (Å²) < 4.78 is 0. The summed E-state index contributed by atoms with van der Waals surface area (Å²) in [6.07, 6.45) is 1.52. The fourth-order valence-electron chi connectivity index (χ4n) is 1.58. The van der Waals surface area contributed by atoms with Gasteiger partial charge in [0.2, 0.25) is 0 Å². The van der Waals surface area contributed by atoms with E-state index < -0.39 is 5.97 Å². The predicted octanol–water partition coefficient (Wildman–Crippen LogP) is 3.68. The molecule has 1 N–H and O–H groups in total. The van der Waals surface area contributed by atoms with E-state index in [4.69, 9.17) is 28.3 Å². The van der Waals surface area contributed by atoms with E-state index in [1.165, 1.54) is 0 Å². The predicted molar refractivity (Wildman–Crippen MR) is 71.0 cm³/mol. The lowest BCUT2D eigenvalue weighted by Gasteiger charge is -2.04. The zero-order valence-electron chi connectivity index (χ0n) is 9.23. The topological polar surface area (TPSA) is 50.2 Å². The summed E-state index contributed by atoms with van der Waals surface area (Å²) in [6, 6.07) is 8.69. The van der Waals surface area contributed by atoms with Crippen LogP contribution in [0.5, 0.6) is 0 Å². The molecule has 0 radical (unpaired) electrons. The number of halogens is 2. The molecule has 2 aromatic rings. The van der Waals surface area contributed by atoms with Crippen molar-refractivity contribution in [2.24, 2.45) is 0 Å². The Morgan fingerprint density at radius 2 is 1.78 bits per heavy atom. The van der Waals surface area contributed by atoms with Gasteiger partial charge in [0.1, 0.15) is 0 Å². The number of nitrogens with zero attached hydrogens (tertiary/aromatic N) is 1. The molecule has 92 valence electrons. The van der Waals surface area contributed by atoms with Crippen LogP contribution in [-0.4, -0.2) is 16.1 Å². The van der Waals surface area contributed by atoms with Crippen LogP contribution in [0.4, 0.5) is 0 Å². The van der Waals surface area contributed by atoms with Gasteiger partial charge < -0.3 is 5.11 Å². The number of pyridine rings is 1. The number of carboxylic acids is 1. The molecule has 0 atom stereocenters. The van der Waals surface area contributed by atoms with E-state index >= 15 is 0 Å². The number of carboxylic acid groups (broad SMARTS) is 1. The lowest BCUT2D eigenvalue weighted by atomic mass is 10.1. The summed E-state index contributed by atoms with van der Waals surface area (Å²) in [4.78, 5) is 14.6. The molecule has 0 aliphatic carbocycles. The first-order chi connectivity index (χ1) is 8.54. The first-order valence-electron chi connectivity index (χ1n) is 5.18. The Labute approximate surface area is 114 Å². The minimum atomic E-state index is -0.902. The molecule has 0 unspecified atom stereocenters. The molecule has 5 heteroatoms. The van der Waals surface area contributed by atoms with Gasteiger partial charge in [0, 0.05) is 21.8 Å². The maximum atomic E-state index is 10.5. The van der Waals surface area contributed by atoms with Crippen LogP contribution in [0, 0.1) is 0 Å². The molecule has 0 aliphatic heterocycles. The van der Waals surface area contributed by atoms with Crippen molar-refractivity contribution in [3.63, 3.8) is 0 Å². The Hall–Kier alpha value is -1.58. The van der Waals surface area contributed by atoms with Crippen molar-refractivity contribution in [2.45, 2.75) is 6.42 Å². The number of carbonyl (C=O) groups is 1. The first kappa shape index (κ1) is 12.9. The van der Waals surface area contributed by atoms with Gasteiger partial charge in [-0.15, -0.1) is 0 Å². The lowest BCUT2D eigenvalue weighted by Crippen LogP contribution is -2.01. The Morgan fingerprint density at radius 1 is 1.11 bits per heavy atom. The summed E-state index contributed by atoms with van der Waals surface area (Å²) in [7, 11) is 0. The smallest absolute Gasteiger partial charge is 0.309 e. The molecule has 0 saturated carbocycles. The highest BCUT2D eigenvalue weighted by atomic mass is 35.5. The van der Waals surface area contributed by atoms with E-state index in [9.17, 15) is 4.79 Å². The normalized spacial score (nSPS) is 10.3. The second-order valence-corrected chi connectivity index (χ2v) is 4.64. The van der Waals surface area contributed by atoms with E-state index in [1.807, 2.05) is 0 Å². The van der Waals surface area contributed by atoms with E-state index in [0.717, 1.165) is 11.1 Å². The third-order valence-electron chi connectivity index (χ3n) is 2.35. The van der Waals surface area contributed by atoms with Crippen LogP contribution in [0.15, 0.2) is 36.5 Å². The van der Waals surface area contributed by atoms with E-state index in [-0.39, 0.29) is 6.42 Å². The summed E-state index contributed by atoms with van der Waals surface area (Å²) in [5, 5.41) is 9.75. The molecule has 1 aromatic heterocycles. The van der Waals surface area contributed by atoms with Crippen molar-refractivity contribution >= 4 is 29.2 Å². The highest BCUT2D eigenvalue weighted by Crippen LogP contribution is 2.26. The molecule has 2 rings (SSSR count). The van der Waals surface area contributed by atoms with Gasteiger partial charge in [0.15, 0.2) is 0 Å². The molecule has 1 heterocycles. The molecule has 0 fully saturated rings. The van der Waals surface area contributed by atoms with Gasteiger partial charge >= 0.3 is 5.97 Å². The quantitative estimate of drug-likeness (QED) is 0.934. The summed E-state index contributed by atoms with van der Waals surface area (Å²) >= 11 is 11.8. The number of benzene rings is 1. The zero-order chi connectivity index (χ0) is 13.1. The summed E-state index contributed by atoms with van der Waals surface area (Å²) in [5.41, 5.74) is 2.20. The van der Waals surface area contributed by atoms with Gasteiger partial charge in [0.25, 0.3) is 0 Å². The van der Waals surface area contributed by atoms with Gasteiger partial charge in [-0.1, -0.05) is 29.3 Å². The maximum Gasteiger partial charge on any atom is 0.309 e. The Kier molecular flexibility index (Phi) is 3.84. The molecule has 0 amide bonds. The van der Waals surface area contributed by atoms with Gasteiger partial charge in [0.05, 0.1) is 12.1 Å². The number of aliphatic carboxylic acids is 1. The average molecular weight is 282 g/mol. The molecule has 3 nitrogen and oxygen atoms in total.